The van der Waals surface area contributed by atoms with Crippen molar-refractivity contribution in [1.82, 2.24) is 16.1 Å². The van der Waals surface area contributed by atoms with Gasteiger partial charge in [0.25, 0.3) is 17.5 Å². The number of amides is 3. The van der Waals surface area contributed by atoms with Crippen molar-refractivity contribution in [2.45, 2.75) is 25.6 Å². The van der Waals surface area contributed by atoms with Gasteiger partial charge in [0.2, 0.25) is 5.91 Å². The molecule has 0 aromatic heterocycles. The molecular formula is C28H27N5O7. The van der Waals surface area contributed by atoms with Gasteiger partial charge in [0, 0.05) is 41.1 Å². The van der Waals surface area contributed by atoms with Crippen molar-refractivity contribution in [3.05, 3.63) is 105 Å². The first kappa shape index (κ1) is 29.5. The fourth-order valence-corrected chi connectivity index (χ4v) is 3.45. The van der Waals surface area contributed by atoms with Crippen LogP contribution in [0, 0.1) is 22.0 Å². The number of aliphatic hydroxyl groups is 1. The van der Waals surface area contributed by atoms with Crippen LogP contribution in [0.25, 0.3) is 0 Å². The SMILES string of the molecule is CC(O)C(NC(=O)c1ccc(C#Cc2ccc(NC(=O)CNCc3ccc([N+](=O)[O-])cc3)cc2)cc1)C(=O)NO. The second-order valence-electron chi connectivity index (χ2n) is 8.65. The molecule has 40 heavy (non-hydrogen) atoms. The van der Waals surface area contributed by atoms with Gasteiger partial charge in [0.15, 0.2) is 0 Å². The monoisotopic (exact) mass is 545 g/mol. The summed E-state index contributed by atoms with van der Waals surface area (Å²) < 4.78 is 0. The first-order valence-electron chi connectivity index (χ1n) is 12.0. The van der Waals surface area contributed by atoms with Gasteiger partial charge >= 0.3 is 0 Å². The molecule has 0 aliphatic rings. The summed E-state index contributed by atoms with van der Waals surface area (Å²) in [6.45, 7) is 1.75. The van der Waals surface area contributed by atoms with Crippen LogP contribution in [0.15, 0.2) is 72.8 Å². The lowest BCUT2D eigenvalue weighted by molar-refractivity contribution is -0.384. The summed E-state index contributed by atoms with van der Waals surface area (Å²) in [5.41, 5.74) is 4.39. The predicted octanol–water partition coefficient (Wildman–Crippen LogP) is 1.71. The number of hydroxylamine groups is 1. The number of carbonyl (C=O) groups is 3. The lowest BCUT2D eigenvalue weighted by Gasteiger charge is -2.19. The molecule has 0 bridgehead atoms. The zero-order valence-electron chi connectivity index (χ0n) is 21.4. The third kappa shape index (κ3) is 8.74. The third-order valence-corrected chi connectivity index (χ3v) is 5.59. The van der Waals surface area contributed by atoms with Gasteiger partial charge in [0.1, 0.15) is 6.04 Å². The summed E-state index contributed by atoms with van der Waals surface area (Å²) in [6, 6.07) is 18.0. The minimum absolute atomic E-state index is 0.00733. The maximum absolute atomic E-state index is 12.4. The maximum atomic E-state index is 12.4. The van der Waals surface area contributed by atoms with E-state index in [1.54, 1.807) is 48.5 Å². The van der Waals surface area contributed by atoms with Crippen LogP contribution in [0.2, 0.25) is 0 Å². The van der Waals surface area contributed by atoms with Gasteiger partial charge in [-0.3, -0.25) is 29.7 Å². The molecule has 2 unspecified atom stereocenters. The fraction of sp³-hybridized carbons (Fsp3) is 0.179. The molecule has 2 atom stereocenters. The van der Waals surface area contributed by atoms with E-state index in [0.29, 0.717) is 23.4 Å². The predicted molar refractivity (Wildman–Crippen MR) is 145 cm³/mol. The Kier molecular flexibility index (Phi) is 10.4. The van der Waals surface area contributed by atoms with E-state index in [0.717, 1.165) is 5.56 Å². The normalized spacial score (nSPS) is 11.8. The molecule has 0 fully saturated rings. The summed E-state index contributed by atoms with van der Waals surface area (Å²) in [4.78, 5) is 46.4. The number of benzene rings is 3. The minimum atomic E-state index is -1.32. The number of nitrogens with zero attached hydrogens (tertiary/aromatic N) is 1. The van der Waals surface area contributed by atoms with Crippen LogP contribution in [0.3, 0.4) is 0 Å². The molecule has 12 nitrogen and oxygen atoms in total. The second-order valence-corrected chi connectivity index (χ2v) is 8.65. The van der Waals surface area contributed by atoms with E-state index < -0.39 is 28.9 Å². The van der Waals surface area contributed by atoms with Crippen molar-refractivity contribution in [3.63, 3.8) is 0 Å². The number of nitro benzene ring substituents is 1. The highest BCUT2D eigenvalue weighted by atomic mass is 16.6. The van der Waals surface area contributed by atoms with Crippen LogP contribution in [0.4, 0.5) is 11.4 Å². The van der Waals surface area contributed by atoms with Crippen LogP contribution in [-0.2, 0) is 16.1 Å². The van der Waals surface area contributed by atoms with Crippen molar-refractivity contribution < 1.29 is 29.6 Å². The number of anilines is 1. The highest BCUT2D eigenvalue weighted by Crippen LogP contribution is 2.12. The Balaban J connectivity index is 1.48. The lowest BCUT2D eigenvalue weighted by Crippen LogP contribution is -2.51. The zero-order chi connectivity index (χ0) is 29.1. The third-order valence-electron chi connectivity index (χ3n) is 5.59. The number of carbonyl (C=O) groups excluding carboxylic acids is 3. The molecule has 0 aliphatic heterocycles. The quantitative estimate of drug-likeness (QED) is 0.0963. The largest absolute Gasteiger partial charge is 0.391 e. The summed E-state index contributed by atoms with van der Waals surface area (Å²) in [5.74, 6) is 4.18. The number of aliphatic hydroxyl groups excluding tert-OH is 1. The van der Waals surface area contributed by atoms with E-state index in [2.05, 4.69) is 27.8 Å². The van der Waals surface area contributed by atoms with E-state index in [-0.39, 0.29) is 23.7 Å². The minimum Gasteiger partial charge on any atom is -0.391 e. The molecule has 0 spiro atoms. The van der Waals surface area contributed by atoms with Crippen molar-refractivity contribution >= 4 is 29.1 Å². The van der Waals surface area contributed by atoms with Gasteiger partial charge in [-0.25, -0.2) is 5.48 Å². The van der Waals surface area contributed by atoms with Crippen LogP contribution in [0.5, 0.6) is 0 Å². The molecule has 0 saturated heterocycles. The number of rotatable bonds is 10. The van der Waals surface area contributed by atoms with Crippen molar-refractivity contribution in [3.8, 4) is 11.8 Å². The summed E-state index contributed by atoms with van der Waals surface area (Å²) in [7, 11) is 0. The highest BCUT2D eigenvalue weighted by molar-refractivity contribution is 5.97. The Hall–Kier alpha value is -5.09. The standard InChI is InChI=1S/C28H27N5O7/c1-18(34)26(28(37)32-38)31-27(36)22-10-4-19(5-11-22)2-3-20-6-12-23(13-7-20)30-25(35)17-29-16-21-8-14-24(15-9-21)33(39)40/h4-15,18,26,29,34,38H,16-17H2,1H3,(H,30,35)(H,31,36)(H,32,37). The average molecular weight is 546 g/mol. The highest BCUT2D eigenvalue weighted by Gasteiger charge is 2.25. The van der Waals surface area contributed by atoms with Gasteiger partial charge in [-0.2, -0.15) is 0 Å². The lowest BCUT2D eigenvalue weighted by atomic mass is 10.1. The smallest absolute Gasteiger partial charge is 0.269 e. The number of nitrogens with one attached hydrogen (secondary N) is 4. The molecular weight excluding hydrogens is 518 g/mol. The fourth-order valence-electron chi connectivity index (χ4n) is 3.45. The van der Waals surface area contributed by atoms with Crippen LogP contribution in [-0.4, -0.2) is 51.6 Å². The maximum Gasteiger partial charge on any atom is 0.269 e. The van der Waals surface area contributed by atoms with Gasteiger partial charge < -0.3 is 21.1 Å². The van der Waals surface area contributed by atoms with Gasteiger partial charge in [-0.15, -0.1) is 0 Å². The molecule has 0 aliphatic carbocycles. The van der Waals surface area contributed by atoms with Gasteiger partial charge in [-0.1, -0.05) is 24.0 Å². The Morgan fingerprint density at radius 2 is 1.50 bits per heavy atom. The molecule has 0 heterocycles. The van der Waals surface area contributed by atoms with Crippen LogP contribution < -0.4 is 21.4 Å². The topological polar surface area (TPSA) is 183 Å². The Morgan fingerprint density at radius 1 is 0.925 bits per heavy atom. The summed E-state index contributed by atoms with van der Waals surface area (Å²) in [6.07, 6.45) is -1.22. The average Bonchev–Trinajstić information content (AvgIpc) is 2.95. The first-order valence-corrected chi connectivity index (χ1v) is 12.0. The number of hydrogen-bond donors (Lipinski definition) is 6. The Morgan fingerprint density at radius 3 is 2.02 bits per heavy atom. The molecule has 206 valence electrons. The van der Waals surface area contributed by atoms with E-state index in [1.807, 2.05) is 0 Å². The zero-order valence-corrected chi connectivity index (χ0v) is 21.4. The number of hydrogen-bond acceptors (Lipinski definition) is 8. The van der Waals surface area contributed by atoms with E-state index in [9.17, 15) is 29.6 Å². The molecule has 3 amide bonds. The number of nitro groups is 1. The van der Waals surface area contributed by atoms with Gasteiger partial charge in [-0.05, 0) is 61.0 Å². The van der Waals surface area contributed by atoms with Crippen molar-refractivity contribution in [2.24, 2.45) is 0 Å². The molecule has 0 radical (unpaired) electrons. The number of non-ortho nitro benzene ring substituents is 1. The van der Waals surface area contributed by atoms with Gasteiger partial charge in [0.05, 0.1) is 17.6 Å². The summed E-state index contributed by atoms with van der Waals surface area (Å²) in [5, 5.41) is 37.2. The second kappa shape index (κ2) is 14.2. The van der Waals surface area contributed by atoms with Crippen molar-refractivity contribution in [2.75, 3.05) is 11.9 Å². The van der Waals surface area contributed by atoms with Crippen molar-refractivity contribution in [1.29, 1.82) is 0 Å². The van der Waals surface area contributed by atoms with E-state index in [1.165, 1.54) is 36.7 Å². The molecule has 0 saturated carbocycles. The Bertz CT molecular complexity index is 1410. The Labute approximate surface area is 229 Å². The van der Waals surface area contributed by atoms with E-state index in [4.69, 9.17) is 5.21 Å². The van der Waals surface area contributed by atoms with Crippen LogP contribution in [0.1, 0.15) is 34.0 Å². The molecule has 3 aromatic carbocycles. The molecule has 6 N–H and O–H groups in total. The molecule has 3 aromatic rings. The molecule has 3 rings (SSSR count). The summed E-state index contributed by atoms with van der Waals surface area (Å²) >= 11 is 0. The van der Waals surface area contributed by atoms with E-state index >= 15 is 0 Å². The van der Waals surface area contributed by atoms with Crippen LogP contribution >= 0.6 is 0 Å². The first-order chi connectivity index (χ1) is 19.2. The molecule has 12 heteroatoms.